The van der Waals surface area contributed by atoms with Crippen LogP contribution in [0.4, 0.5) is 5.69 Å². The van der Waals surface area contributed by atoms with Crippen LogP contribution in [0.1, 0.15) is 35.7 Å². The summed E-state index contributed by atoms with van der Waals surface area (Å²) in [5, 5.41) is 10.1. The maximum Gasteiger partial charge on any atom is 0.254 e. The zero-order valence-corrected chi connectivity index (χ0v) is 10.9. The molecule has 4 heteroatoms. The largest absolute Gasteiger partial charge is 0.399 e. The molecule has 1 saturated heterocycles. The van der Waals surface area contributed by atoms with Gasteiger partial charge < -0.3 is 15.7 Å². The molecule has 1 aliphatic rings. The molecule has 18 heavy (non-hydrogen) atoms. The van der Waals surface area contributed by atoms with Crippen LogP contribution in [0.2, 0.25) is 0 Å². The number of nitrogens with zero attached hydrogens (tertiary/aromatic N) is 1. The molecule has 98 valence electrons. The molecule has 1 aliphatic heterocycles. The average molecular weight is 248 g/mol. The number of aliphatic hydroxyl groups is 1. The molecule has 1 aromatic carbocycles. The molecule has 2 rings (SSSR count). The zero-order chi connectivity index (χ0) is 13.3. The first-order chi connectivity index (χ1) is 8.45. The zero-order valence-electron chi connectivity index (χ0n) is 10.9. The Hall–Kier alpha value is -1.55. The van der Waals surface area contributed by atoms with Gasteiger partial charge in [-0.3, -0.25) is 4.79 Å². The van der Waals surface area contributed by atoms with Gasteiger partial charge in [0.2, 0.25) is 0 Å². The summed E-state index contributed by atoms with van der Waals surface area (Å²) in [4.78, 5) is 13.8. The number of benzene rings is 1. The number of hydrogen-bond donors (Lipinski definition) is 2. The third kappa shape index (κ3) is 2.34. The third-order valence-electron chi connectivity index (χ3n) is 3.49. The van der Waals surface area contributed by atoms with Gasteiger partial charge >= 0.3 is 0 Å². The molecule has 0 radical (unpaired) electrons. The standard InChI is InChI=1S/C14H20N2O2/c1-3-6-14(18)8-16(9-14)13(17)11-4-5-12(15)10(2)7-11/h4-5,7,18H,3,6,8-9,15H2,1-2H3. The Labute approximate surface area is 107 Å². The van der Waals surface area contributed by atoms with Crippen LogP contribution in [0, 0.1) is 6.92 Å². The molecular formula is C14H20N2O2. The summed E-state index contributed by atoms with van der Waals surface area (Å²) in [7, 11) is 0. The quantitative estimate of drug-likeness (QED) is 0.798. The molecule has 0 atom stereocenters. The van der Waals surface area contributed by atoms with E-state index in [4.69, 9.17) is 5.73 Å². The van der Waals surface area contributed by atoms with Crippen LogP contribution in [0.5, 0.6) is 0 Å². The summed E-state index contributed by atoms with van der Waals surface area (Å²) in [5.74, 6) is -0.0288. The molecule has 1 heterocycles. The predicted octanol–water partition coefficient (Wildman–Crippen LogP) is 1.56. The molecule has 1 amide bonds. The average Bonchev–Trinajstić information content (AvgIpc) is 2.29. The lowest BCUT2D eigenvalue weighted by molar-refractivity contribution is -0.0860. The SMILES string of the molecule is CCCC1(O)CN(C(=O)c2ccc(N)c(C)c2)C1. The summed E-state index contributed by atoms with van der Waals surface area (Å²) in [5.41, 5.74) is 7.29. The van der Waals surface area contributed by atoms with Crippen LogP contribution in [0.25, 0.3) is 0 Å². The summed E-state index contributed by atoms with van der Waals surface area (Å²) < 4.78 is 0. The van der Waals surface area contributed by atoms with Crippen LogP contribution in [0.15, 0.2) is 18.2 Å². The molecule has 0 aromatic heterocycles. The minimum atomic E-state index is -0.673. The molecule has 0 aliphatic carbocycles. The predicted molar refractivity (Wildman–Crippen MR) is 71.4 cm³/mol. The number of β-amino-alcohol motifs (C(OH)–C–C–N with tert-alkyl or cyclic N) is 1. The lowest BCUT2D eigenvalue weighted by Gasteiger charge is -2.46. The number of hydrogen-bond acceptors (Lipinski definition) is 3. The van der Waals surface area contributed by atoms with E-state index < -0.39 is 5.60 Å². The van der Waals surface area contributed by atoms with Crippen molar-refractivity contribution < 1.29 is 9.90 Å². The number of nitrogens with two attached hydrogens (primary N) is 1. The molecule has 0 saturated carbocycles. The Kier molecular flexibility index (Phi) is 3.30. The van der Waals surface area contributed by atoms with Crippen LogP contribution in [-0.2, 0) is 0 Å². The first kappa shape index (κ1) is 12.9. The summed E-state index contributed by atoms with van der Waals surface area (Å²) in [6, 6.07) is 5.29. The van der Waals surface area contributed by atoms with Gasteiger partial charge in [-0.25, -0.2) is 0 Å². The maximum absolute atomic E-state index is 12.2. The highest BCUT2D eigenvalue weighted by Crippen LogP contribution is 2.27. The Balaban J connectivity index is 2.03. The van der Waals surface area contributed by atoms with E-state index in [0.29, 0.717) is 24.3 Å². The second kappa shape index (κ2) is 4.61. The van der Waals surface area contributed by atoms with Crippen molar-refractivity contribution in [3.63, 3.8) is 0 Å². The molecule has 1 fully saturated rings. The van der Waals surface area contributed by atoms with Crippen molar-refractivity contribution >= 4 is 11.6 Å². The van der Waals surface area contributed by atoms with Gasteiger partial charge in [0.15, 0.2) is 0 Å². The van der Waals surface area contributed by atoms with Gasteiger partial charge in [0.1, 0.15) is 0 Å². The van der Waals surface area contributed by atoms with Gasteiger partial charge in [-0.15, -0.1) is 0 Å². The second-order valence-electron chi connectivity index (χ2n) is 5.21. The number of rotatable bonds is 3. The van der Waals surface area contributed by atoms with Crippen molar-refractivity contribution in [3.8, 4) is 0 Å². The van der Waals surface area contributed by atoms with Gasteiger partial charge in [-0.2, -0.15) is 0 Å². The summed E-state index contributed by atoms with van der Waals surface area (Å²) in [6.45, 7) is 4.79. The van der Waals surface area contributed by atoms with Crippen molar-refractivity contribution in [1.82, 2.24) is 4.90 Å². The number of aryl methyl sites for hydroxylation is 1. The molecule has 0 unspecified atom stereocenters. The number of amides is 1. The van der Waals surface area contributed by atoms with E-state index in [0.717, 1.165) is 18.4 Å². The highest BCUT2D eigenvalue weighted by molar-refractivity contribution is 5.95. The van der Waals surface area contributed by atoms with Crippen LogP contribution >= 0.6 is 0 Å². The van der Waals surface area contributed by atoms with Crippen LogP contribution in [-0.4, -0.2) is 34.6 Å². The Morgan fingerprint density at radius 2 is 2.17 bits per heavy atom. The number of likely N-dealkylation sites (tertiary alicyclic amines) is 1. The number of nitrogen functional groups attached to an aromatic ring is 1. The second-order valence-corrected chi connectivity index (χ2v) is 5.21. The first-order valence-corrected chi connectivity index (χ1v) is 6.33. The highest BCUT2D eigenvalue weighted by Gasteiger charge is 2.42. The van der Waals surface area contributed by atoms with E-state index in [-0.39, 0.29) is 5.91 Å². The van der Waals surface area contributed by atoms with E-state index in [9.17, 15) is 9.90 Å². The maximum atomic E-state index is 12.2. The molecule has 0 spiro atoms. The number of carbonyl (C=O) groups excluding carboxylic acids is 1. The van der Waals surface area contributed by atoms with Crippen molar-refractivity contribution in [2.75, 3.05) is 18.8 Å². The Morgan fingerprint density at radius 1 is 1.50 bits per heavy atom. The van der Waals surface area contributed by atoms with E-state index in [1.54, 1.807) is 23.1 Å². The lowest BCUT2D eigenvalue weighted by atomic mass is 9.88. The van der Waals surface area contributed by atoms with Gasteiger partial charge in [-0.1, -0.05) is 13.3 Å². The van der Waals surface area contributed by atoms with E-state index in [1.165, 1.54) is 0 Å². The normalized spacial score (nSPS) is 17.4. The number of carbonyl (C=O) groups is 1. The molecular weight excluding hydrogens is 228 g/mol. The lowest BCUT2D eigenvalue weighted by Crippen LogP contribution is -2.63. The molecule has 1 aromatic rings. The van der Waals surface area contributed by atoms with Crippen molar-refractivity contribution in [2.45, 2.75) is 32.3 Å². The Morgan fingerprint density at radius 3 is 2.72 bits per heavy atom. The molecule has 4 nitrogen and oxygen atoms in total. The smallest absolute Gasteiger partial charge is 0.254 e. The fraction of sp³-hybridized carbons (Fsp3) is 0.500. The van der Waals surface area contributed by atoms with Crippen molar-refractivity contribution in [3.05, 3.63) is 29.3 Å². The summed E-state index contributed by atoms with van der Waals surface area (Å²) >= 11 is 0. The van der Waals surface area contributed by atoms with Gasteiger partial charge in [-0.05, 0) is 37.1 Å². The highest BCUT2D eigenvalue weighted by atomic mass is 16.3. The van der Waals surface area contributed by atoms with Gasteiger partial charge in [0.25, 0.3) is 5.91 Å². The fourth-order valence-electron chi connectivity index (χ4n) is 2.42. The molecule has 3 N–H and O–H groups in total. The van der Waals surface area contributed by atoms with Crippen LogP contribution < -0.4 is 5.73 Å². The summed E-state index contributed by atoms with van der Waals surface area (Å²) in [6.07, 6.45) is 1.68. The monoisotopic (exact) mass is 248 g/mol. The van der Waals surface area contributed by atoms with Crippen molar-refractivity contribution in [1.29, 1.82) is 0 Å². The number of anilines is 1. The molecule has 0 bridgehead atoms. The van der Waals surface area contributed by atoms with Crippen LogP contribution in [0.3, 0.4) is 0 Å². The van der Waals surface area contributed by atoms with Gasteiger partial charge in [0.05, 0.1) is 18.7 Å². The van der Waals surface area contributed by atoms with E-state index in [2.05, 4.69) is 0 Å². The fourth-order valence-corrected chi connectivity index (χ4v) is 2.42. The van der Waals surface area contributed by atoms with Crippen molar-refractivity contribution in [2.24, 2.45) is 0 Å². The first-order valence-electron chi connectivity index (χ1n) is 6.33. The van der Waals surface area contributed by atoms with E-state index in [1.807, 2.05) is 13.8 Å². The topological polar surface area (TPSA) is 66.6 Å². The Bertz CT molecular complexity index is 465. The van der Waals surface area contributed by atoms with Gasteiger partial charge in [0, 0.05) is 11.3 Å². The van der Waals surface area contributed by atoms with E-state index >= 15 is 0 Å². The minimum absolute atomic E-state index is 0.0288. The third-order valence-corrected chi connectivity index (χ3v) is 3.49. The minimum Gasteiger partial charge on any atom is -0.399 e.